The molecule has 0 saturated heterocycles. The molecule has 1 aliphatic rings. The smallest absolute Gasteiger partial charge is 0.227 e. The summed E-state index contributed by atoms with van der Waals surface area (Å²) in [5.41, 5.74) is 4.05. The maximum Gasteiger partial charge on any atom is 0.227 e. The number of carbonyl (C=O) groups is 1. The molecular formula is C30H28FNO3. The topological polar surface area (TPSA) is 38.8 Å². The summed E-state index contributed by atoms with van der Waals surface area (Å²) in [6.45, 7) is 3.10. The summed E-state index contributed by atoms with van der Waals surface area (Å²) in [6.07, 6.45) is 1.30. The summed E-state index contributed by atoms with van der Waals surface area (Å²) < 4.78 is 24.8. The number of amides is 1. The fourth-order valence-electron chi connectivity index (χ4n) is 4.92. The lowest BCUT2D eigenvalue weighted by molar-refractivity contribution is -0.119. The van der Waals surface area contributed by atoms with E-state index in [1.165, 1.54) is 23.1 Å². The number of ether oxygens (including phenoxy) is 2. The number of nitrogens with zero attached hydrogens (tertiary/aromatic N) is 1. The van der Waals surface area contributed by atoms with Crippen molar-refractivity contribution >= 4 is 22.4 Å². The molecule has 0 radical (unpaired) electrons. The van der Waals surface area contributed by atoms with Gasteiger partial charge in [-0.05, 0) is 64.2 Å². The van der Waals surface area contributed by atoms with Crippen molar-refractivity contribution in [2.75, 3.05) is 18.6 Å². The minimum Gasteiger partial charge on any atom is -0.493 e. The molecule has 35 heavy (non-hydrogen) atoms. The van der Waals surface area contributed by atoms with Gasteiger partial charge in [-0.15, -0.1) is 0 Å². The summed E-state index contributed by atoms with van der Waals surface area (Å²) in [5, 5.41) is 2.33. The Bertz CT molecular complexity index is 1370. The maximum atomic E-state index is 13.2. The molecule has 1 unspecified atom stereocenters. The highest BCUT2D eigenvalue weighted by Crippen LogP contribution is 2.45. The van der Waals surface area contributed by atoms with E-state index in [2.05, 4.69) is 31.2 Å². The van der Waals surface area contributed by atoms with Gasteiger partial charge < -0.3 is 14.4 Å². The Morgan fingerprint density at radius 2 is 1.77 bits per heavy atom. The number of carbonyl (C=O) groups excluding carboxylic acids is 1. The van der Waals surface area contributed by atoms with Crippen LogP contribution in [0.15, 0.2) is 78.9 Å². The third-order valence-electron chi connectivity index (χ3n) is 6.61. The molecular weight excluding hydrogens is 441 g/mol. The molecule has 0 N–H and O–H groups in total. The average molecular weight is 470 g/mol. The summed E-state index contributed by atoms with van der Waals surface area (Å²) in [5.74, 6) is 0.985. The third-order valence-corrected chi connectivity index (χ3v) is 6.61. The molecule has 1 atom stereocenters. The van der Waals surface area contributed by atoms with E-state index in [9.17, 15) is 9.18 Å². The van der Waals surface area contributed by atoms with E-state index in [1.54, 1.807) is 19.2 Å². The Hall–Kier alpha value is -3.86. The maximum absolute atomic E-state index is 13.2. The third kappa shape index (κ3) is 4.46. The van der Waals surface area contributed by atoms with E-state index >= 15 is 0 Å². The van der Waals surface area contributed by atoms with Crippen molar-refractivity contribution in [3.63, 3.8) is 0 Å². The van der Waals surface area contributed by atoms with Gasteiger partial charge in [0.2, 0.25) is 5.91 Å². The molecule has 0 aliphatic carbocycles. The predicted molar refractivity (Wildman–Crippen MR) is 137 cm³/mol. The van der Waals surface area contributed by atoms with Crippen LogP contribution in [0, 0.1) is 5.82 Å². The van der Waals surface area contributed by atoms with Gasteiger partial charge in [0.05, 0.1) is 7.11 Å². The number of anilines is 1. The van der Waals surface area contributed by atoms with Crippen LogP contribution in [0.2, 0.25) is 0 Å². The van der Waals surface area contributed by atoms with Crippen LogP contribution in [-0.2, 0) is 11.4 Å². The molecule has 0 fully saturated rings. The van der Waals surface area contributed by atoms with Crippen LogP contribution in [-0.4, -0.2) is 19.6 Å². The highest BCUT2D eigenvalue weighted by atomic mass is 19.1. The van der Waals surface area contributed by atoms with Gasteiger partial charge in [-0.3, -0.25) is 4.79 Å². The number of rotatable bonds is 7. The van der Waals surface area contributed by atoms with Crippen molar-refractivity contribution in [3.8, 4) is 11.5 Å². The van der Waals surface area contributed by atoms with Gasteiger partial charge in [-0.2, -0.15) is 0 Å². The molecule has 0 spiro atoms. The highest BCUT2D eigenvalue weighted by molar-refractivity contribution is 6.03. The van der Waals surface area contributed by atoms with E-state index in [-0.39, 0.29) is 17.6 Å². The lowest BCUT2D eigenvalue weighted by Gasteiger charge is -2.35. The normalized spacial score (nSPS) is 15.2. The van der Waals surface area contributed by atoms with Crippen LogP contribution < -0.4 is 14.4 Å². The molecule has 4 aromatic carbocycles. The van der Waals surface area contributed by atoms with Crippen LogP contribution in [0.1, 0.15) is 42.4 Å². The summed E-state index contributed by atoms with van der Waals surface area (Å²) in [7, 11) is 1.61. The fraction of sp³-hybridized carbons (Fsp3) is 0.233. The Morgan fingerprint density at radius 1 is 0.971 bits per heavy atom. The number of fused-ring (bicyclic) bond motifs is 3. The van der Waals surface area contributed by atoms with Crippen molar-refractivity contribution in [3.05, 3.63) is 101 Å². The molecule has 0 saturated carbocycles. The molecule has 178 valence electrons. The van der Waals surface area contributed by atoms with Crippen LogP contribution in [0.4, 0.5) is 10.1 Å². The molecule has 5 rings (SSSR count). The molecule has 4 nitrogen and oxygen atoms in total. The zero-order valence-electron chi connectivity index (χ0n) is 20.0. The second-order valence-corrected chi connectivity index (χ2v) is 8.85. The first-order valence-electron chi connectivity index (χ1n) is 12.0. The first-order chi connectivity index (χ1) is 17.1. The molecule has 1 heterocycles. The van der Waals surface area contributed by atoms with Crippen molar-refractivity contribution in [2.24, 2.45) is 0 Å². The van der Waals surface area contributed by atoms with Crippen LogP contribution >= 0.6 is 0 Å². The summed E-state index contributed by atoms with van der Waals surface area (Å²) in [4.78, 5) is 15.1. The standard InChI is InChI=1S/C30H28FNO3/c1-3-16-32-26-14-10-21-6-4-5-7-24(21)30(26)25(18-29(32)33)22-11-15-27(28(17-22)34-2)35-19-20-8-12-23(31)13-9-20/h4-15,17,25H,3,16,18-19H2,1-2H3. The van der Waals surface area contributed by atoms with Gasteiger partial charge in [0.25, 0.3) is 0 Å². The van der Waals surface area contributed by atoms with E-state index in [0.717, 1.165) is 28.6 Å². The highest BCUT2D eigenvalue weighted by Gasteiger charge is 2.33. The zero-order valence-corrected chi connectivity index (χ0v) is 20.0. The zero-order chi connectivity index (χ0) is 24.4. The van der Waals surface area contributed by atoms with E-state index in [4.69, 9.17) is 9.47 Å². The van der Waals surface area contributed by atoms with E-state index in [1.807, 2.05) is 35.2 Å². The van der Waals surface area contributed by atoms with Crippen molar-refractivity contribution in [1.29, 1.82) is 0 Å². The second-order valence-electron chi connectivity index (χ2n) is 8.85. The molecule has 4 aromatic rings. The number of benzene rings is 4. The quantitative estimate of drug-likeness (QED) is 0.297. The van der Waals surface area contributed by atoms with Crippen molar-refractivity contribution < 1.29 is 18.7 Å². The fourth-order valence-corrected chi connectivity index (χ4v) is 4.92. The number of hydrogen-bond donors (Lipinski definition) is 0. The predicted octanol–water partition coefficient (Wildman–Crippen LogP) is 6.85. The second kappa shape index (κ2) is 9.79. The molecule has 0 bridgehead atoms. The Balaban J connectivity index is 1.53. The van der Waals surface area contributed by atoms with Gasteiger partial charge in [-0.1, -0.05) is 55.5 Å². The van der Waals surface area contributed by atoms with Gasteiger partial charge in [0.1, 0.15) is 12.4 Å². The number of halogens is 1. The number of hydrogen-bond acceptors (Lipinski definition) is 3. The van der Waals surface area contributed by atoms with Crippen molar-refractivity contribution in [1.82, 2.24) is 0 Å². The van der Waals surface area contributed by atoms with Crippen LogP contribution in [0.25, 0.3) is 10.8 Å². The minimum absolute atomic E-state index is 0.0863. The van der Waals surface area contributed by atoms with E-state index < -0.39 is 0 Å². The first kappa shape index (κ1) is 22.9. The van der Waals surface area contributed by atoms with Gasteiger partial charge in [0, 0.05) is 24.6 Å². The molecule has 1 aliphatic heterocycles. The van der Waals surface area contributed by atoms with Crippen LogP contribution in [0.3, 0.4) is 0 Å². The van der Waals surface area contributed by atoms with Gasteiger partial charge in [-0.25, -0.2) is 4.39 Å². The lowest BCUT2D eigenvalue weighted by atomic mass is 9.81. The largest absolute Gasteiger partial charge is 0.493 e. The Labute approximate surface area is 204 Å². The summed E-state index contributed by atoms with van der Waals surface area (Å²) >= 11 is 0. The van der Waals surface area contributed by atoms with Crippen LogP contribution in [0.5, 0.6) is 11.5 Å². The molecule has 1 amide bonds. The van der Waals surface area contributed by atoms with Gasteiger partial charge in [0.15, 0.2) is 11.5 Å². The SMILES string of the molecule is CCCN1C(=O)CC(c2ccc(OCc3ccc(F)cc3)c(OC)c2)c2c1ccc1ccccc21. The average Bonchev–Trinajstić information content (AvgIpc) is 2.89. The number of methoxy groups -OCH3 is 1. The minimum atomic E-state index is -0.275. The Kier molecular flexibility index (Phi) is 6.41. The monoisotopic (exact) mass is 469 g/mol. The molecule has 0 aromatic heterocycles. The Morgan fingerprint density at radius 3 is 2.54 bits per heavy atom. The van der Waals surface area contributed by atoms with Gasteiger partial charge >= 0.3 is 0 Å². The van der Waals surface area contributed by atoms with E-state index in [0.29, 0.717) is 31.1 Å². The lowest BCUT2D eigenvalue weighted by Crippen LogP contribution is -2.37. The van der Waals surface area contributed by atoms with Crippen molar-refractivity contribution in [2.45, 2.75) is 32.3 Å². The molecule has 5 heteroatoms. The first-order valence-corrected chi connectivity index (χ1v) is 12.0. The summed E-state index contributed by atoms with van der Waals surface area (Å²) in [6, 6.07) is 24.6.